The Morgan fingerprint density at radius 1 is 0.776 bits per heavy atom. The summed E-state index contributed by atoms with van der Waals surface area (Å²) in [4.78, 5) is 60.5. The summed E-state index contributed by atoms with van der Waals surface area (Å²) < 4.78 is 5.60. The van der Waals surface area contributed by atoms with Crippen LogP contribution in [0.2, 0.25) is 0 Å². The van der Waals surface area contributed by atoms with E-state index in [0.717, 1.165) is 96.5 Å². The molecule has 14 nitrogen and oxygen atoms in total. The van der Waals surface area contributed by atoms with Gasteiger partial charge in [0, 0.05) is 119 Å². The quantitative estimate of drug-likeness (QED) is 0.0624. The standard InChI is InChI=1S/C27H35N5O3S2.C22H27N5OS2/c1-6-17(2)29-12-9-22(33)31-25-23(24-30-20(16-36-24)18-8-7-11-28-14-18)19-10-13-32(15-21(19)37-25)26(34)35-27(3,4)5;1-3-14(2)25-10-7-19(28)27-22-20(16-6-9-24-12-18(16)30-22)21-26-17(13-29-21)15-5-4-8-23-11-15/h7-8,11,14,16-17,29H,6,9-10,12-13,15H2,1-5H3,(H,31,33);4-5,8,11,13-14,24-25H,3,6-7,9-10,12H2,1-2H3,(H,27,28)/t17-;14-/m00/s1. The van der Waals surface area contributed by atoms with E-state index in [2.05, 4.69) is 69.6 Å². The maximum absolute atomic E-state index is 12.9. The molecule has 0 aliphatic carbocycles. The molecule has 0 spiro atoms. The third kappa shape index (κ3) is 13.4. The van der Waals surface area contributed by atoms with Crippen LogP contribution in [0.25, 0.3) is 43.7 Å². The fourth-order valence-electron chi connectivity index (χ4n) is 7.45. The Kier molecular flexibility index (Phi) is 17.4. The number of anilines is 2. The van der Waals surface area contributed by atoms with Crippen molar-refractivity contribution in [2.24, 2.45) is 0 Å². The molecule has 2 aliphatic heterocycles. The van der Waals surface area contributed by atoms with Gasteiger partial charge in [-0.3, -0.25) is 19.6 Å². The highest BCUT2D eigenvalue weighted by atomic mass is 32.1. The first-order chi connectivity index (χ1) is 32.3. The molecule has 0 aromatic carbocycles. The number of pyridine rings is 2. The minimum Gasteiger partial charge on any atom is -0.444 e. The Hall–Kier alpha value is -4.95. The second-order valence-corrected chi connectivity index (χ2v) is 21.6. The fourth-order valence-corrected chi connectivity index (χ4v) is 11.9. The van der Waals surface area contributed by atoms with Crippen LogP contribution in [0.1, 0.15) is 95.0 Å². The van der Waals surface area contributed by atoms with Crippen LogP contribution in [0.5, 0.6) is 0 Å². The van der Waals surface area contributed by atoms with Crippen molar-refractivity contribution >= 4 is 73.3 Å². The van der Waals surface area contributed by atoms with E-state index in [1.54, 1.807) is 57.5 Å². The Labute approximate surface area is 409 Å². The maximum atomic E-state index is 12.9. The van der Waals surface area contributed by atoms with E-state index in [0.29, 0.717) is 57.5 Å². The summed E-state index contributed by atoms with van der Waals surface area (Å²) in [6, 6.07) is 8.62. The van der Waals surface area contributed by atoms with Gasteiger partial charge in [0.25, 0.3) is 0 Å². The van der Waals surface area contributed by atoms with E-state index >= 15 is 0 Å². The van der Waals surface area contributed by atoms with Gasteiger partial charge >= 0.3 is 6.09 Å². The number of carbonyl (C=O) groups excluding carboxylic acids is 3. The minimum atomic E-state index is -0.552. The molecule has 2 atom stereocenters. The first-order valence-electron chi connectivity index (χ1n) is 23.1. The number of carbonyl (C=O) groups is 3. The van der Waals surface area contributed by atoms with E-state index in [9.17, 15) is 14.4 Å². The Bertz CT molecular complexity index is 2580. The average Bonchev–Trinajstić information content (AvgIpc) is 4.14. The lowest BCUT2D eigenvalue weighted by atomic mass is 10.0. The van der Waals surface area contributed by atoms with Gasteiger partial charge in [-0.15, -0.1) is 45.3 Å². The summed E-state index contributed by atoms with van der Waals surface area (Å²) in [5.41, 5.74) is 7.71. The average molecular weight is 983 g/mol. The number of fused-ring (bicyclic) bond motifs is 2. The van der Waals surface area contributed by atoms with E-state index in [4.69, 9.17) is 14.7 Å². The second-order valence-electron chi connectivity index (χ2n) is 17.7. The number of amides is 3. The molecule has 0 radical (unpaired) electrons. The molecule has 2 aliphatic rings. The largest absolute Gasteiger partial charge is 0.444 e. The highest BCUT2D eigenvalue weighted by Gasteiger charge is 2.32. The summed E-state index contributed by atoms with van der Waals surface area (Å²) in [5.74, 6) is 0.00587. The molecular formula is C49H62N10O4S4. The van der Waals surface area contributed by atoms with Crippen LogP contribution in [0, 0.1) is 0 Å². The number of nitrogens with zero attached hydrogens (tertiary/aromatic N) is 5. The summed E-state index contributed by atoms with van der Waals surface area (Å²) in [7, 11) is 0. The highest BCUT2D eigenvalue weighted by molar-refractivity contribution is 7.19. The smallest absolute Gasteiger partial charge is 0.410 e. The maximum Gasteiger partial charge on any atom is 0.410 e. The van der Waals surface area contributed by atoms with Crippen molar-refractivity contribution in [3.8, 4) is 43.7 Å². The zero-order valence-electron chi connectivity index (χ0n) is 39.4. The van der Waals surface area contributed by atoms with Crippen LogP contribution >= 0.6 is 45.3 Å². The van der Waals surface area contributed by atoms with Crippen LogP contribution in [-0.4, -0.2) is 86.6 Å². The molecule has 8 rings (SSSR count). The number of rotatable bonds is 16. The number of thiophene rings is 2. The van der Waals surface area contributed by atoms with Crippen LogP contribution < -0.4 is 26.6 Å². The first kappa shape index (κ1) is 49.9. The molecule has 8 heterocycles. The molecular weight excluding hydrogens is 921 g/mol. The SMILES string of the molecule is CC[C@H](C)NCCC(=O)Nc1sc2c(c1-c1nc(-c3cccnc3)cs1)CCN(C(=O)OC(C)(C)C)C2.CC[C@H](C)NCCC(=O)Nc1sc2c(c1-c1nc(-c3cccnc3)cs1)CCNC2. The lowest BCUT2D eigenvalue weighted by molar-refractivity contribution is -0.116. The van der Waals surface area contributed by atoms with Crippen molar-refractivity contribution in [3.05, 3.63) is 80.7 Å². The molecule has 0 unspecified atom stereocenters. The van der Waals surface area contributed by atoms with Gasteiger partial charge in [-0.25, -0.2) is 14.8 Å². The molecule has 0 saturated heterocycles. The fraction of sp³-hybridized carbons (Fsp3) is 0.449. The Balaban J connectivity index is 0.000000203. The van der Waals surface area contributed by atoms with Crippen molar-refractivity contribution in [1.82, 2.24) is 40.8 Å². The first-order valence-corrected chi connectivity index (χ1v) is 26.5. The molecule has 0 fully saturated rings. The predicted molar refractivity (Wildman–Crippen MR) is 275 cm³/mol. The molecule has 0 bridgehead atoms. The number of thiazole rings is 2. The molecule has 356 valence electrons. The number of aromatic nitrogens is 4. The normalized spacial score (nSPS) is 14.3. The van der Waals surface area contributed by atoms with Crippen molar-refractivity contribution in [1.29, 1.82) is 0 Å². The van der Waals surface area contributed by atoms with Gasteiger partial charge in [-0.2, -0.15) is 0 Å². The van der Waals surface area contributed by atoms with E-state index in [-0.39, 0.29) is 17.9 Å². The summed E-state index contributed by atoms with van der Waals surface area (Å²) in [6.45, 7) is 18.2. The number of hydrogen-bond acceptors (Lipinski definition) is 15. The van der Waals surface area contributed by atoms with Crippen LogP contribution in [0.15, 0.2) is 59.8 Å². The molecule has 6 aromatic heterocycles. The van der Waals surface area contributed by atoms with Crippen molar-refractivity contribution in [2.45, 2.75) is 118 Å². The Morgan fingerprint density at radius 2 is 1.30 bits per heavy atom. The van der Waals surface area contributed by atoms with Gasteiger partial charge in [-0.1, -0.05) is 13.8 Å². The van der Waals surface area contributed by atoms with Gasteiger partial charge in [0.15, 0.2) is 0 Å². The van der Waals surface area contributed by atoms with E-state index in [1.165, 1.54) is 21.8 Å². The van der Waals surface area contributed by atoms with Gasteiger partial charge in [0.2, 0.25) is 11.8 Å². The van der Waals surface area contributed by atoms with Gasteiger partial charge in [-0.05, 0) is 102 Å². The minimum absolute atomic E-state index is 0.0383. The Morgan fingerprint density at radius 3 is 1.79 bits per heavy atom. The molecule has 18 heteroatoms. The predicted octanol–water partition coefficient (Wildman–Crippen LogP) is 10.2. The lowest BCUT2D eigenvalue weighted by Gasteiger charge is -2.30. The monoisotopic (exact) mass is 982 g/mol. The van der Waals surface area contributed by atoms with Crippen LogP contribution in [0.4, 0.5) is 14.8 Å². The summed E-state index contributed by atoms with van der Waals surface area (Å²) in [5, 5.41) is 24.1. The van der Waals surface area contributed by atoms with Gasteiger partial charge in [0.1, 0.15) is 25.6 Å². The number of ether oxygens (including phenoxy) is 1. The highest BCUT2D eigenvalue weighted by Crippen LogP contribution is 2.46. The van der Waals surface area contributed by atoms with Crippen molar-refractivity contribution in [3.63, 3.8) is 0 Å². The topological polar surface area (TPSA) is 175 Å². The molecule has 3 amide bonds. The molecule has 67 heavy (non-hydrogen) atoms. The zero-order valence-corrected chi connectivity index (χ0v) is 42.7. The summed E-state index contributed by atoms with van der Waals surface area (Å²) in [6.07, 6.45) is 11.4. The van der Waals surface area contributed by atoms with Crippen molar-refractivity contribution < 1.29 is 19.1 Å². The molecule has 5 N–H and O–H groups in total. The van der Waals surface area contributed by atoms with Gasteiger partial charge in [0.05, 0.1) is 17.9 Å². The van der Waals surface area contributed by atoms with Crippen molar-refractivity contribution in [2.75, 3.05) is 36.8 Å². The third-order valence-corrected chi connectivity index (χ3v) is 15.4. The summed E-state index contributed by atoms with van der Waals surface area (Å²) >= 11 is 6.38. The van der Waals surface area contributed by atoms with E-state index in [1.807, 2.05) is 56.6 Å². The lowest BCUT2D eigenvalue weighted by Crippen LogP contribution is -2.39. The van der Waals surface area contributed by atoms with Crippen LogP contribution in [-0.2, 0) is 40.3 Å². The third-order valence-electron chi connectivity index (χ3n) is 11.4. The number of nitrogens with one attached hydrogen (secondary N) is 5. The van der Waals surface area contributed by atoms with Gasteiger partial charge < -0.3 is 36.2 Å². The zero-order chi connectivity index (χ0) is 47.5. The van der Waals surface area contributed by atoms with Crippen LogP contribution in [0.3, 0.4) is 0 Å². The molecule has 0 saturated carbocycles. The second kappa shape index (κ2) is 23.4. The number of hydrogen-bond donors (Lipinski definition) is 5. The van der Waals surface area contributed by atoms with E-state index < -0.39 is 5.60 Å². The molecule has 6 aromatic rings.